The van der Waals surface area contributed by atoms with Crippen molar-refractivity contribution in [3.8, 4) is 0 Å². The van der Waals surface area contributed by atoms with Gasteiger partial charge < -0.3 is 14.8 Å². The largest absolute Gasteiger partial charge is 0.545 e. The van der Waals surface area contributed by atoms with Gasteiger partial charge in [0.15, 0.2) is 0 Å². The molecular formula is C19H21N3O2. The van der Waals surface area contributed by atoms with Gasteiger partial charge in [0.2, 0.25) is 0 Å². The van der Waals surface area contributed by atoms with Gasteiger partial charge >= 0.3 is 0 Å². The highest BCUT2D eigenvalue weighted by Gasteiger charge is 2.18. The number of carboxylic acid groups (broad SMARTS) is 1. The molecule has 0 atom stereocenters. The standard InChI is InChI=1S/C19H21N3O2/c23-19(24)16-6-8-17(9-7-16)20-21-18-10-12-22(13-11-18)14-15-4-2-1-3-5-15/h1-9,20H,10-14H2,(H,23,24). The molecule has 0 saturated carbocycles. The van der Waals surface area contributed by atoms with Crippen LogP contribution in [-0.2, 0) is 6.54 Å². The topological polar surface area (TPSA) is 69.0 Å². The molecule has 0 aliphatic carbocycles. The van der Waals surface area contributed by atoms with Crippen LogP contribution < -0.4 is 15.4 Å². The monoisotopic (exact) mass is 323 g/mol. The van der Waals surface area contributed by atoms with Crippen molar-refractivity contribution in [2.24, 2.45) is 5.10 Å². The molecule has 1 heterocycles. The second-order valence-electron chi connectivity index (χ2n) is 6.07. The van der Waals surface area contributed by atoms with Crippen molar-refractivity contribution in [1.29, 1.82) is 0 Å². The smallest absolute Gasteiger partial charge is 0.103 e. The number of hydrazone groups is 1. The van der Waals surface area contributed by atoms with Crippen molar-refractivity contribution in [2.45, 2.75) is 19.4 Å². The van der Waals surface area contributed by atoms with Crippen LogP contribution >= 0.6 is 0 Å². The fourth-order valence-corrected chi connectivity index (χ4v) is 2.89. The molecular weight excluding hydrogens is 302 g/mol. The third-order valence-electron chi connectivity index (χ3n) is 4.29. The van der Waals surface area contributed by atoms with E-state index in [1.807, 2.05) is 6.07 Å². The zero-order valence-electron chi connectivity index (χ0n) is 13.5. The number of rotatable bonds is 5. The number of quaternary nitrogens is 1. The first-order chi connectivity index (χ1) is 11.7. The third kappa shape index (κ3) is 4.43. The number of nitrogens with one attached hydrogen (secondary N) is 2. The molecule has 5 nitrogen and oxygen atoms in total. The summed E-state index contributed by atoms with van der Waals surface area (Å²) in [4.78, 5) is 12.3. The molecule has 0 radical (unpaired) electrons. The number of piperidine rings is 1. The molecule has 1 saturated heterocycles. The molecule has 5 heteroatoms. The number of aromatic carboxylic acids is 1. The van der Waals surface area contributed by atoms with Gasteiger partial charge in [-0.25, -0.2) is 0 Å². The predicted octanol–water partition coefficient (Wildman–Crippen LogP) is 0.697. The summed E-state index contributed by atoms with van der Waals surface area (Å²) in [6.45, 7) is 3.23. The van der Waals surface area contributed by atoms with E-state index >= 15 is 0 Å². The Labute approximate surface area is 141 Å². The van der Waals surface area contributed by atoms with Gasteiger partial charge in [0, 0.05) is 24.1 Å². The van der Waals surface area contributed by atoms with Gasteiger partial charge in [0.25, 0.3) is 0 Å². The molecule has 1 fully saturated rings. The highest BCUT2D eigenvalue weighted by Crippen LogP contribution is 2.09. The molecule has 0 aromatic heterocycles. The second kappa shape index (κ2) is 7.75. The minimum absolute atomic E-state index is 0.172. The van der Waals surface area contributed by atoms with E-state index in [1.54, 1.807) is 17.0 Å². The van der Waals surface area contributed by atoms with Crippen LogP contribution in [0.2, 0.25) is 0 Å². The number of anilines is 1. The number of carboxylic acids is 1. The Morgan fingerprint density at radius 2 is 1.71 bits per heavy atom. The average molecular weight is 323 g/mol. The van der Waals surface area contributed by atoms with Crippen LogP contribution in [0.4, 0.5) is 5.69 Å². The molecule has 0 spiro atoms. The first-order valence-corrected chi connectivity index (χ1v) is 8.21. The number of hydrogen-bond acceptors (Lipinski definition) is 4. The molecule has 2 aromatic carbocycles. The van der Waals surface area contributed by atoms with Crippen molar-refractivity contribution in [3.05, 3.63) is 65.7 Å². The summed E-state index contributed by atoms with van der Waals surface area (Å²) in [6, 6.07) is 17.0. The Balaban J connectivity index is 1.49. The minimum atomic E-state index is -1.17. The van der Waals surface area contributed by atoms with E-state index in [-0.39, 0.29) is 5.56 Å². The summed E-state index contributed by atoms with van der Waals surface area (Å²) in [5.41, 5.74) is 6.50. The summed E-state index contributed by atoms with van der Waals surface area (Å²) >= 11 is 0. The van der Waals surface area contributed by atoms with Crippen LogP contribution in [0.25, 0.3) is 0 Å². The number of benzene rings is 2. The quantitative estimate of drug-likeness (QED) is 0.796. The van der Waals surface area contributed by atoms with Crippen LogP contribution in [0.15, 0.2) is 59.7 Å². The maximum absolute atomic E-state index is 10.7. The number of likely N-dealkylation sites (tertiary alicyclic amines) is 1. The van der Waals surface area contributed by atoms with Crippen molar-refractivity contribution in [3.63, 3.8) is 0 Å². The lowest BCUT2D eigenvalue weighted by atomic mass is 10.1. The van der Waals surface area contributed by atoms with Crippen molar-refractivity contribution in [2.75, 3.05) is 18.5 Å². The summed E-state index contributed by atoms with van der Waals surface area (Å²) in [6.07, 6.45) is 1.96. The SMILES string of the molecule is O=C([O-])c1ccc(NN=C2CC[NH+](Cc3ccccc3)CC2)cc1. The fourth-order valence-electron chi connectivity index (χ4n) is 2.89. The summed E-state index contributed by atoms with van der Waals surface area (Å²) < 4.78 is 0. The number of carbonyl (C=O) groups is 1. The Bertz CT molecular complexity index is 701. The van der Waals surface area contributed by atoms with E-state index in [0.717, 1.165) is 43.9 Å². The predicted molar refractivity (Wildman–Crippen MR) is 91.9 cm³/mol. The fraction of sp³-hybridized carbons (Fsp3) is 0.263. The lowest BCUT2D eigenvalue weighted by Gasteiger charge is -2.24. The summed E-state index contributed by atoms with van der Waals surface area (Å²) in [7, 11) is 0. The van der Waals surface area contributed by atoms with Crippen molar-refractivity contribution in [1.82, 2.24) is 0 Å². The molecule has 3 rings (SSSR count). The van der Waals surface area contributed by atoms with Gasteiger partial charge in [-0.1, -0.05) is 42.5 Å². The first kappa shape index (κ1) is 16.2. The van der Waals surface area contributed by atoms with E-state index in [0.29, 0.717) is 0 Å². The maximum Gasteiger partial charge on any atom is 0.103 e. The highest BCUT2D eigenvalue weighted by molar-refractivity contribution is 5.87. The van der Waals surface area contributed by atoms with Crippen molar-refractivity contribution < 1.29 is 14.8 Å². The van der Waals surface area contributed by atoms with Crippen LogP contribution in [0.1, 0.15) is 28.8 Å². The Hall–Kier alpha value is -2.66. The summed E-state index contributed by atoms with van der Waals surface area (Å²) in [5, 5.41) is 15.2. The Morgan fingerprint density at radius 1 is 1.04 bits per heavy atom. The average Bonchev–Trinajstić information content (AvgIpc) is 2.62. The molecule has 1 aliphatic rings. The van der Waals surface area contributed by atoms with Crippen LogP contribution in [0.5, 0.6) is 0 Å². The van der Waals surface area contributed by atoms with Gasteiger partial charge in [-0.3, -0.25) is 5.43 Å². The molecule has 0 amide bonds. The molecule has 2 N–H and O–H groups in total. The second-order valence-corrected chi connectivity index (χ2v) is 6.07. The van der Waals surface area contributed by atoms with E-state index in [2.05, 4.69) is 34.8 Å². The first-order valence-electron chi connectivity index (χ1n) is 8.21. The molecule has 0 bridgehead atoms. The number of carbonyl (C=O) groups excluding carboxylic acids is 1. The van der Waals surface area contributed by atoms with Crippen molar-refractivity contribution >= 4 is 17.4 Å². The van der Waals surface area contributed by atoms with Crippen LogP contribution in [0.3, 0.4) is 0 Å². The lowest BCUT2D eigenvalue weighted by Crippen LogP contribution is -3.11. The lowest BCUT2D eigenvalue weighted by molar-refractivity contribution is -0.914. The molecule has 2 aromatic rings. The zero-order chi connectivity index (χ0) is 16.8. The number of nitrogens with zero attached hydrogens (tertiary/aromatic N) is 1. The highest BCUT2D eigenvalue weighted by atomic mass is 16.4. The van der Waals surface area contributed by atoms with Gasteiger partial charge in [-0.15, -0.1) is 0 Å². The zero-order valence-corrected chi connectivity index (χ0v) is 13.5. The molecule has 24 heavy (non-hydrogen) atoms. The third-order valence-corrected chi connectivity index (χ3v) is 4.29. The Morgan fingerprint density at radius 3 is 2.33 bits per heavy atom. The minimum Gasteiger partial charge on any atom is -0.545 e. The normalized spacial score (nSPS) is 17.3. The van der Waals surface area contributed by atoms with E-state index in [1.165, 1.54) is 17.7 Å². The van der Waals surface area contributed by atoms with E-state index in [9.17, 15) is 9.90 Å². The number of hydrogen-bond donors (Lipinski definition) is 2. The maximum atomic E-state index is 10.7. The van der Waals surface area contributed by atoms with Gasteiger partial charge in [-0.05, 0) is 17.7 Å². The molecule has 0 unspecified atom stereocenters. The summed E-state index contributed by atoms with van der Waals surface area (Å²) in [5.74, 6) is -1.17. The van der Waals surface area contributed by atoms with Gasteiger partial charge in [0.05, 0.1) is 24.7 Å². The van der Waals surface area contributed by atoms with Crippen LogP contribution in [0, 0.1) is 0 Å². The van der Waals surface area contributed by atoms with E-state index < -0.39 is 5.97 Å². The van der Waals surface area contributed by atoms with Crippen LogP contribution in [-0.4, -0.2) is 24.8 Å². The van der Waals surface area contributed by atoms with Gasteiger partial charge in [0.1, 0.15) is 6.54 Å². The van der Waals surface area contributed by atoms with E-state index in [4.69, 9.17) is 0 Å². The molecule has 124 valence electrons. The molecule has 1 aliphatic heterocycles. The Kier molecular flexibility index (Phi) is 5.23. The van der Waals surface area contributed by atoms with Gasteiger partial charge in [-0.2, -0.15) is 5.10 Å².